The van der Waals surface area contributed by atoms with Crippen LogP contribution in [0.1, 0.15) is 127 Å². The zero-order chi connectivity index (χ0) is 31.8. The number of nitrogens with one attached hydrogen (secondary N) is 2. The lowest BCUT2D eigenvalue weighted by molar-refractivity contribution is -0.240. The molecule has 3 N–H and O–H groups in total. The maximum Gasteiger partial charge on any atom is 0.407 e. The van der Waals surface area contributed by atoms with Crippen LogP contribution < -0.4 is 10.6 Å². The number of allylic oxidation sites excluding steroid dienone is 1. The highest BCUT2D eigenvalue weighted by molar-refractivity contribution is 5.76. The van der Waals surface area contributed by atoms with Gasteiger partial charge in [0.1, 0.15) is 5.60 Å². The number of carboxylic acid groups (broad SMARTS) is 1. The predicted molar refractivity (Wildman–Crippen MR) is 173 cm³/mol. The number of hydrogen-bond acceptors (Lipinski definition) is 4. The zero-order valence-corrected chi connectivity index (χ0v) is 28.8. The number of fused-ring (bicyclic) bond motifs is 7. The lowest BCUT2D eigenvalue weighted by atomic mass is 9.32. The Balaban J connectivity index is 1.33. The lowest BCUT2D eigenvalue weighted by Gasteiger charge is -2.73. The highest BCUT2D eigenvalue weighted by Crippen LogP contribution is 2.77. The molecule has 0 saturated heterocycles. The van der Waals surface area contributed by atoms with Crippen molar-refractivity contribution in [1.82, 2.24) is 10.6 Å². The smallest absolute Gasteiger partial charge is 0.407 e. The van der Waals surface area contributed by atoms with Crippen molar-refractivity contribution in [3.8, 4) is 0 Å². The minimum absolute atomic E-state index is 0.152. The molecular weight excluding hydrogens is 536 g/mol. The van der Waals surface area contributed by atoms with Crippen molar-refractivity contribution in [3.05, 3.63) is 12.2 Å². The van der Waals surface area contributed by atoms with Crippen molar-refractivity contribution < 1.29 is 19.4 Å². The Morgan fingerprint density at radius 1 is 0.860 bits per heavy atom. The average molecular weight is 599 g/mol. The van der Waals surface area contributed by atoms with E-state index in [-0.39, 0.29) is 33.7 Å². The normalized spacial score (nSPS) is 45.1. The van der Waals surface area contributed by atoms with E-state index in [1.165, 1.54) is 37.7 Å². The first kappa shape index (κ1) is 32.8. The number of aliphatic carboxylic acids is 1. The number of ether oxygens (including phenoxy) is 1. The Kier molecular flexibility index (Phi) is 8.22. The molecule has 0 aliphatic heterocycles. The molecular formula is C37H62N2O4. The molecule has 5 aliphatic rings. The summed E-state index contributed by atoms with van der Waals surface area (Å²) in [6.07, 6.45) is 10.6. The summed E-state index contributed by atoms with van der Waals surface area (Å²) in [6, 6.07) is 0.419. The molecule has 5 aliphatic carbocycles. The molecule has 5 fully saturated rings. The van der Waals surface area contributed by atoms with Gasteiger partial charge in [-0.1, -0.05) is 46.8 Å². The summed E-state index contributed by atoms with van der Waals surface area (Å²) in [6.45, 7) is 26.3. The summed E-state index contributed by atoms with van der Waals surface area (Å²) in [4.78, 5) is 25.1. The maximum atomic E-state index is 12.9. The number of alkyl carbamates (subject to hydrolysis) is 1. The van der Waals surface area contributed by atoms with Gasteiger partial charge >= 0.3 is 12.1 Å². The fourth-order valence-corrected chi connectivity index (χ4v) is 12.6. The quantitative estimate of drug-likeness (QED) is 0.212. The second-order valence-corrected chi connectivity index (χ2v) is 17.9. The van der Waals surface area contributed by atoms with Gasteiger partial charge in [-0.25, -0.2) is 4.79 Å². The second kappa shape index (κ2) is 10.8. The fraction of sp³-hybridized carbons (Fsp3) is 0.892. The van der Waals surface area contributed by atoms with Gasteiger partial charge in [0.05, 0.1) is 5.41 Å². The summed E-state index contributed by atoms with van der Waals surface area (Å²) >= 11 is 0. The fourth-order valence-electron chi connectivity index (χ4n) is 12.6. The van der Waals surface area contributed by atoms with Crippen LogP contribution in [0.2, 0.25) is 0 Å². The number of carboxylic acids is 1. The first-order valence-corrected chi connectivity index (χ1v) is 17.4. The highest BCUT2D eigenvalue weighted by atomic mass is 16.6. The summed E-state index contributed by atoms with van der Waals surface area (Å²) in [5.74, 6) is 1.80. The molecule has 0 aromatic carbocycles. The molecule has 0 bridgehead atoms. The Hall–Kier alpha value is -1.56. The van der Waals surface area contributed by atoms with Crippen LogP contribution in [0, 0.1) is 56.7 Å². The Labute approximate surface area is 261 Å². The van der Waals surface area contributed by atoms with Crippen LogP contribution in [-0.4, -0.2) is 41.9 Å². The van der Waals surface area contributed by atoms with Crippen LogP contribution in [-0.2, 0) is 9.53 Å². The van der Waals surface area contributed by atoms with Gasteiger partial charge in [-0.05, 0) is 143 Å². The van der Waals surface area contributed by atoms with Crippen LogP contribution in [0.5, 0.6) is 0 Å². The first-order valence-electron chi connectivity index (χ1n) is 17.4. The second-order valence-electron chi connectivity index (χ2n) is 17.9. The van der Waals surface area contributed by atoms with E-state index in [4.69, 9.17) is 4.74 Å². The van der Waals surface area contributed by atoms with E-state index in [1.54, 1.807) is 0 Å². The van der Waals surface area contributed by atoms with Gasteiger partial charge in [-0.3, -0.25) is 4.79 Å². The van der Waals surface area contributed by atoms with E-state index in [0.717, 1.165) is 38.6 Å². The molecule has 0 aromatic rings. The van der Waals surface area contributed by atoms with E-state index in [9.17, 15) is 14.7 Å². The van der Waals surface area contributed by atoms with E-state index in [2.05, 4.69) is 58.8 Å². The van der Waals surface area contributed by atoms with Crippen molar-refractivity contribution in [2.75, 3.05) is 13.1 Å². The predicted octanol–water partition coefficient (Wildman–Crippen LogP) is 8.21. The monoisotopic (exact) mass is 598 g/mol. The van der Waals surface area contributed by atoms with Crippen LogP contribution in [0.15, 0.2) is 12.2 Å². The average Bonchev–Trinajstić information content (AvgIpc) is 3.28. The van der Waals surface area contributed by atoms with Gasteiger partial charge in [0, 0.05) is 19.1 Å². The standard InChI is InChI=1S/C37H62N2O4/c1-23(2)24-13-18-37(30(40)41)20-19-35(9)25(29(24)37)11-12-27-34(8)16-15-28(33(6,7)26(34)14-17-36(27,35)10)38-21-22-39-31(42)43-32(3,4)5/h24-29,38H,1,11-22H2,2-10H3,(H,39,42)(H,40,41)/t24-,25+,26-,27+,28?,29+,34-,35+,36+,37-/m0/s1. The molecule has 244 valence electrons. The summed E-state index contributed by atoms with van der Waals surface area (Å²) < 4.78 is 5.41. The third-order valence-corrected chi connectivity index (χ3v) is 14.7. The first-order chi connectivity index (χ1) is 19.8. The van der Waals surface area contributed by atoms with Gasteiger partial charge in [0.25, 0.3) is 0 Å². The van der Waals surface area contributed by atoms with Crippen molar-refractivity contribution in [2.45, 2.75) is 138 Å². The molecule has 0 spiro atoms. The topological polar surface area (TPSA) is 87.7 Å². The summed E-state index contributed by atoms with van der Waals surface area (Å²) in [7, 11) is 0. The number of carbonyl (C=O) groups is 2. The largest absolute Gasteiger partial charge is 0.481 e. The van der Waals surface area contributed by atoms with Crippen molar-refractivity contribution >= 4 is 12.1 Å². The molecule has 43 heavy (non-hydrogen) atoms. The van der Waals surface area contributed by atoms with Gasteiger partial charge in [0.15, 0.2) is 0 Å². The molecule has 0 aromatic heterocycles. The molecule has 5 saturated carbocycles. The third kappa shape index (κ3) is 4.99. The maximum absolute atomic E-state index is 12.9. The van der Waals surface area contributed by atoms with E-state index in [0.29, 0.717) is 36.3 Å². The molecule has 0 radical (unpaired) electrons. The van der Waals surface area contributed by atoms with E-state index in [1.807, 2.05) is 20.8 Å². The molecule has 1 unspecified atom stereocenters. The molecule has 5 rings (SSSR count). The van der Waals surface area contributed by atoms with E-state index < -0.39 is 17.0 Å². The molecule has 6 nitrogen and oxygen atoms in total. The van der Waals surface area contributed by atoms with Crippen molar-refractivity contribution in [1.29, 1.82) is 0 Å². The Morgan fingerprint density at radius 2 is 1.56 bits per heavy atom. The van der Waals surface area contributed by atoms with E-state index >= 15 is 0 Å². The molecule has 6 heteroatoms. The van der Waals surface area contributed by atoms with Crippen LogP contribution >= 0.6 is 0 Å². The number of hydrogen-bond donors (Lipinski definition) is 3. The van der Waals surface area contributed by atoms with Gasteiger partial charge in [-0.15, -0.1) is 0 Å². The minimum atomic E-state index is -0.553. The third-order valence-electron chi connectivity index (χ3n) is 14.7. The Bertz CT molecular complexity index is 1130. The van der Waals surface area contributed by atoms with Gasteiger partial charge < -0.3 is 20.5 Å². The van der Waals surface area contributed by atoms with Gasteiger partial charge in [-0.2, -0.15) is 0 Å². The van der Waals surface area contributed by atoms with Crippen LogP contribution in [0.3, 0.4) is 0 Å². The zero-order valence-electron chi connectivity index (χ0n) is 28.8. The van der Waals surface area contributed by atoms with Gasteiger partial charge in [0.2, 0.25) is 0 Å². The molecule has 1 amide bonds. The molecule has 10 atom stereocenters. The van der Waals surface area contributed by atoms with Crippen LogP contribution in [0.25, 0.3) is 0 Å². The van der Waals surface area contributed by atoms with Crippen molar-refractivity contribution in [2.24, 2.45) is 56.7 Å². The minimum Gasteiger partial charge on any atom is -0.481 e. The number of rotatable bonds is 6. The number of amides is 1. The SMILES string of the molecule is C=C(C)[C@@H]1CC[C@]2(C(=O)O)CC[C@]3(C)[C@H](CC[C@@H]4[C@@]5(C)CCC(NCCNC(=O)OC(C)(C)C)C(C)(C)[C@@H]5CC[C@]43C)[C@@H]12. The molecule has 0 heterocycles. The van der Waals surface area contributed by atoms with Crippen molar-refractivity contribution in [3.63, 3.8) is 0 Å². The van der Waals surface area contributed by atoms with Crippen LogP contribution in [0.4, 0.5) is 4.79 Å². The summed E-state index contributed by atoms with van der Waals surface area (Å²) in [5, 5.41) is 17.4. The number of carbonyl (C=O) groups excluding carboxylic acids is 1. The Morgan fingerprint density at radius 3 is 2.19 bits per heavy atom. The summed E-state index contributed by atoms with van der Waals surface area (Å²) in [5.41, 5.74) is 0.984. The highest BCUT2D eigenvalue weighted by Gasteiger charge is 2.72. The lowest BCUT2D eigenvalue weighted by Crippen LogP contribution is -2.68.